The van der Waals surface area contributed by atoms with E-state index in [0.29, 0.717) is 32.1 Å². The molecule has 2 aromatic rings. The maximum absolute atomic E-state index is 11.7. The molecule has 0 atom stereocenters. The van der Waals surface area contributed by atoms with E-state index < -0.39 is 5.97 Å². The highest BCUT2D eigenvalue weighted by atomic mass is 16.5. The molecule has 0 saturated heterocycles. The number of carbonyl (C=O) groups is 2. The molecule has 0 saturated carbocycles. The van der Waals surface area contributed by atoms with Crippen molar-refractivity contribution >= 4 is 11.9 Å². The fourth-order valence-corrected chi connectivity index (χ4v) is 2.07. The number of benzene rings is 1. The minimum absolute atomic E-state index is 0.0199. The van der Waals surface area contributed by atoms with Gasteiger partial charge in [0.1, 0.15) is 6.61 Å². The fraction of sp³-hybridized carbons (Fsp3) is 0.353. The Morgan fingerprint density at radius 3 is 2.76 bits per heavy atom. The van der Waals surface area contributed by atoms with E-state index in [4.69, 9.17) is 14.6 Å². The summed E-state index contributed by atoms with van der Waals surface area (Å²) >= 11 is 0. The molecule has 2 rings (SSSR count). The molecule has 0 aliphatic carbocycles. The predicted octanol–water partition coefficient (Wildman–Crippen LogP) is 1.24. The van der Waals surface area contributed by atoms with Gasteiger partial charge in [0.15, 0.2) is 5.69 Å². The standard InChI is InChI=1S/C17H21N3O5/c1-2-24-8-9-25-12-16(21)18-11-13-4-3-5-14(10-13)20-7-6-15(19-20)17(22)23/h3-7,10H,2,8-9,11-12H2,1H3,(H,18,21)(H,22,23). The van der Waals surface area contributed by atoms with Crippen LogP contribution in [-0.2, 0) is 20.8 Å². The van der Waals surface area contributed by atoms with Crippen molar-refractivity contribution in [1.29, 1.82) is 0 Å². The zero-order valence-corrected chi connectivity index (χ0v) is 14.0. The third-order valence-corrected chi connectivity index (χ3v) is 3.28. The number of rotatable bonds is 10. The first-order chi connectivity index (χ1) is 12.1. The molecule has 0 unspecified atom stereocenters. The Kier molecular flexibility index (Phi) is 7.12. The number of nitrogens with one attached hydrogen (secondary N) is 1. The first kappa shape index (κ1) is 18.6. The van der Waals surface area contributed by atoms with Crippen molar-refractivity contribution in [2.45, 2.75) is 13.5 Å². The van der Waals surface area contributed by atoms with Crippen molar-refractivity contribution in [1.82, 2.24) is 15.1 Å². The summed E-state index contributed by atoms with van der Waals surface area (Å²) in [4.78, 5) is 22.6. The summed E-state index contributed by atoms with van der Waals surface area (Å²) in [5.74, 6) is -1.29. The molecule has 0 spiro atoms. The first-order valence-corrected chi connectivity index (χ1v) is 7.90. The van der Waals surface area contributed by atoms with Crippen LogP contribution in [0, 0.1) is 0 Å². The molecule has 8 nitrogen and oxygen atoms in total. The zero-order valence-electron chi connectivity index (χ0n) is 14.0. The minimum atomic E-state index is -1.08. The van der Waals surface area contributed by atoms with E-state index in [0.717, 1.165) is 5.56 Å². The normalized spacial score (nSPS) is 10.6. The highest BCUT2D eigenvalue weighted by Crippen LogP contribution is 2.10. The molecule has 1 aromatic carbocycles. The van der Waals surface area contributed by atoms with Gasteiger partial charge < -0.3 is 19.9 Å². The molecule has 1 aromatic heterocycles. The molecule has 0 bridgehead atoms. The predicted molar refractivity (Wildman–Crippen MR) is 89.7 cm³/mol. The highest BCUT2D eigenvalue weighted by molar-refractivity contribution is 5.85. The Labute approximate surface area is 145 Å². The summed E-state index contributed by atoms with van der Waals surface area (Å²) in [7, 11) is 0. The van der Waals surface area contributed by atoms with Crippen molar-refractivity contribution in [2.75, 3.05) is 26.4 Å². The summed E-state index contributed by atoms with van der Waals surface area (Å²) in [5, 5.41) is 15.7. The third-order valence-electron chi connectivity index (χ3n) is 3.28. The minimum Gasteiger partial charge on any atom is -0.476 e. The lowest BCUT2D eigenvalue weighted by molar-refractivity contribution is -0.126. The van der Waals surface area contributed by atoms with Crippen LogP contribution in [0.5, 0.6) is 0 Å². The average molecular weight is 347 g/mol. The smallest absolute Gasteiger partial charge is 0.356 e. The molecule has 0 aliphatic heterocycles. The molecule has 0 radical (unpaired) electrons. The van der Waals surface area contributed by atoms with Gasteiger partial charge in [-0.1, -0.05) is 12.1 Å². The van der Waals surface area contributed by atoms with Crippen molar-refractivity contribution in [3.05, 3.63) is 47.8 Å². The lowest BCUT2D eigenvalue weighted by atomic mass is 10.2. The van der Waals surface area contributed by atoms with Gasteiger partial charge in [-0.2, -0.15) is 5.10 Å². The van der Waals surface area contributed by atoms with E-state index >= 15 is 0 Å². The highest BCUT2D eigenvalue weighted by Gasteiger charge is 2.08. The second-order valence-electron chi connectivity index (χ2n) is 5.15. The average Bonchev–Trinajstić information content (AvgIpc) is 3.10. The van der Waals surface area contributed by atoms with E-state index in [-0.39, 0.29) is 18.2 Å². The number of carboxylic acid groups (broad SMARTS) is 1. The third kappa shape index (κ3) is 6.02. The lowest BCUT2D eigenvalue weighted by Gasteiger charge is -2.08. The van der Waals surface area contributed by atoms with Gasteiger partial charge in [-0.05, 0) is 30.7 Å². The SMILES string of the molecule is CCOCCOCC(=O)NCc1cccc(-n2ccc(C(=O)O)n2)c1. The van der Waals surface area contributed by atoms with Crippen LogP contribution >= 0.6 is 0 Å². The number of aromatic nitrogens is 2. The van der Waals surface area contributed by atoms with E-state index in [2.05, 4.69) is 10.4 Å². The second kappa shape index (κ2) is 9.55. The summed E-state index contributed by atoms with van der Waals surface area (Å²) in [6, 6.07) is 8.74. The first-order valence-electron chi connectivity index (χ1n) is 7.90. The fourth-order valence-electron chi connectivity index (χ4n) is 2.07. The van der Waals surface area contributed by atoms with Crippen LogP contribution in [0.25, 0.3) is 5.69 Å². The van der Waals surface area contributed by atoms with Crippen molar-refractivity contribution < 1.29 is 24.2 Å². The molecule has 25 heavy (non-hydrogen) atoms. The van der Waals surface area contributed by atoms with Crippen molar-refractivity contribution in [3.8, 4) is 5.69 Å². The van der Waals surface area contributed by atoms with Crippen molar-refractivity contribution in [2.24, 2.45) is 0 Å². The number of nitrogens with zero attached hydrogens (tertiary/aromatic N) is 2. The summed E-state index contributed by atoms with van der Waals surface area (Å²) in [6.45, 7) is 3.68. The molecule has 0 aliphatic rings. The summed E-state index contributed by atoms with van der Waals surface area (Å²) in [5.41, 5.74) is 1.56. The second-order valence-corrected chi connectivity index (χ2v) is 5.15. The number of aromatic carboxylic acids is 1. The molecule has 2 N–H and O–H groups in total. The van der Waals surface area contributed by atoms with Crippen LogP contribution in [0.3, 0.4) is 0 Å². The Balaban J connectivity index is 1.84. The molecule has 1 amide bonds. The van der Waals surface area contributed by atoms with Gasteiger partial charge in [0.05, 0.1) is 18.9 Å². The van der Waals surface area contributed by atoms with E-state index in [9.17, 15) is 9.59 Å². The van der Waals surface area contributed by atoms with Gasteiger partial charge >= 0.3 is 5.97 Å². The lowest BCUT2D eigenvalue weighted by Crippen LogP contribution is -2.27. The van der Waals surface area contributed by atoms with Crippen LogP contribution in [-0.4, -0.2) is 53.2 Å². The van der Waals surface area contributed by atoms with Gasteiger partial charge in [-0.15, -0.1) is 0 Å². The molecular formula is C17H21N3O5. The number of amides is 1. The summed E-state index contributed by atoms with van der Waals surface area (Å²) in [6.07, 6.45) is 1.58. The Morgan fingerprint density at radius 2 is 2.04 bits per heavy atom. The van der Waals surface area contributed by atoms with Gasteiger partial charge in [0.2, 0.25) is 5.91 Å². The molecule has 0 fully saturated rings. The van der Waals surface area contributed by atoms with Gasteiger partial charge in [-0.3, -0.25) is 4.79 Å². The maximum atomic E-state index is 11.7. The molecular weight excluding hydrogens is 326 g/mol. The van der Waals surface area contributed by atoms with Crippen LogP contribution in [0.2, 0.25) is 0 Å². The topological polar surface area (TPSA) is 103 Å². The van der Waals surface area contributed by atoms with Crippen LogP contribution in [0.1, 0.15) is 23.0 Å². The monoisotopic (exact) mass is 347 g/mol. The number of ether oxygens (including phenoxy) is 2. The van der Waals surface area contributed by atoms with Crippen LogP contribution in [0.4, 0.5) is 0 Å². The van der Waals surface area contributed by atoms with Gasteiger partial charge in [0, 0.05) is 19.3 Å². The molecule has 134 valence electrons. The van der Waals surface area contributed by atoms with Crippen LogP contribution < -0.4 is 5.32 Å². The molecule has 8 heteroatoms. The van der Waals surface area contributed by atoms with Crippen LogP contribution in [0.15, 0.2) is 36.5 Å². The van der Waals surface area contributed by atoms with Gasteiger partial charge in [0.25, 0.3) is 0 Å². The Morgan fingerprint density at radius 1 is 1.24 bits per heavy atom. The number of carboxylic acids is 1. The van der Waals surface area contributed by atoms with E-state index in [1.165, 1.54) is 10.7 Å². The number of hydrogen-bond acceptors (Lipinski definition) is 5. The number of carbonyl (C=O) groups excluding carboxylic acids is 1. The van der Waals surface area contributed by atoms with E-state index in [1.807, 2.05) is 25.1 Å². The van der Waals surface area contributed by atoms with Crippen molar-refractivity contribution in [3.63, 3.8) is 0 Å². The van der Waals surface area contributed by atoms with E-state index in [1.54, 1.807) is 12.3 Å². The van der Waals surface area contributed by atoms with Gasteiger partial charge in [-0.25, -0.2) is 9.48 Å². The maximum Gasteiger partial charge on any atom is 0.356 e. The molecule has 1 heterocycles. The Hall–Kier alpha value is -2.71. The number of hydrogen-bond donors (Lipinski definition) is 2. The Bertz CT molecular complexity index is 714. The quantitative estimate of drug-likeness (QED) is 0.627. The summed E-state index contributed by atoms with van der Waals surface area (Å²) < 4.78 is 11.8. The largest absolute Gasteiger partial charge is 0.476 e. The zero-order chi connectivity index (χ0) is 18.1.